The summed E-state index contributed by atoms with van der Waals surface area (Å²) < 4.78 is 27.2. The molecule has 2 aromatic rings. The van der Waals surface area contributed by atoms with E-state index in [-0.39, 0.29) is 17.4 Å². The van der Waals surface area contributed by atoms with E-state index in [1.54, 1.807) is 12.3 Å². The number of aliphatic hydroxyl groups excluding tert-OH is 1. The number of para-hydroxylation sites is 1. The van der Waals surface area contributed by atoms with Gasteiger partial charge in [-0.25, -0.2) is 13.1 Å². The number of hydrogen-bond donors (Lipinski definition) is 2. The van der Waals surface area contributed by atoms with E-state index in [0.717, 1.165) is 10.9 Å². The van der Waals surface area contributed by atoms with Crippen molar-refractivity contribution in [3.63, 3.8) is 0 Å². The van der Waals surface area contributed by atoms with E-state index in [0.29, 0.717) is 5.52 Å². The zero-order valence-electron chi connectivity index (χ0n) is 12.4. The number of hydrogen-bond acceptors (Lipinski definition) is 4. The Balaban J connectivity index is 2.36. The fourth-order valence-corrected chi connectivity index (χ4v) is 3.20. The van der Waals surface area contributed by atoms with Crippen molar-refractivity contribution < 1.29 is 13.5 Å². The Hall–Kier alpha value is -1.50. The van der Waals surface area contributed by atoms with Crippen LogP contribution in [0.15, 0.2) is 35.4 Å². The average molecular weight is 308 g/mol. The number of nitrogens with zero attached hydrogens (tertiary/aromatic N) is 1. The molecule has 0 amide bonds. The highest BCUT2D eigenvalue weighted by Crippen LogP contribution is 2.21. The van der Waals surface area contributed by atoms with Crippen molar-refractivity contribution in [1.29, 1.82) is 0 Å². The molecule has 2 rings (SSSR count). The number of aryl methyl sites for hydroxylation is 1. The molecule has 1 atom stereocenters. The maximum Gasteiger partial charge on any atom is 0.242 e. The van der Waals surface area contributed by atoms with Gasteiger partial charge in [-0.15, -0.1) is 0 Å². The van der Waals surface area contributed by atoms with Gasteiger partial charge in [0, 0.05) is 18.1 Å². The highest BCUT2D eigenvalue weighted by Gasteiger charge is 2.20. The maximum absolute atomic E-state index is 12.4. The van der Waals surface area contributed by atoms with Crippen LogP contribution in [0, 0.1) is 12.8 Å². The lowest BCUT2D eigenvalue weighted by atomic mass is 10.1. The summed E-state index contributed by atoms with van der Waals surface area (Å²) >= 11 is 0. The Morgan fingerprint density at radius 2 is 2.05 bits per heavy atom. The highest BCUT2D eigenvalue weighted by atomic mass is 32.2. The normalized spacial score (nSPS) is 13.8. The predicted octanol–water partition coefficient (Wildman–Crippen LogP) is 1.84. The topological polar surface area (TPSA) is 79.3 Å². The summed E-state index contributed by atoms with van der Waals surface area (Å²) in [4.78, 5) is 4.36. The minimum atomic E-state index is -3.70. The van der Waals surface area contributed by atoms with Gasteiger partial charge in [-0.1, -0.05) is 26.0 Å². The first kappa shape index (κ1) is 15.9. The van der Waals surface area contributed by atoms with Crippen LogP contribution in [-0.2, 0) is 10.0 Å². The fourth-order valence-electron chi connectivity index (χ4n) is 1.97. The summed E-state index contributed by atoms with van der Waals surface area (Å²) in [7, 11) is -3.70. The number of rotatable bonds is 5. The summed E-state index contributed by atoms with van der Waals surface area (Å²) in [6.45, 7) is 5.57. The van der Waals surface area contributed by atoms with Gasteiger partial charge < -0.3 is 5.11 Å². The Bertz CT molecular complexity index is 742. The van der Waals surface area contributed by atoms with Gasteiger partial charge in [0.15, 0.2) is 0 Å². The van der Waals surface area contributed by atoms with Gasteiger partial charge in [0.1, 0.15) is 4.90 Å². The summed E-state index contributed by atoms with van der Waals surface area (Å²) in [6, 6.07) is 6.94. The van der Waals surface area contributed by atoms with Gasteiger partial charge in [-0.05, 0) is 30.5 Å². The number of fused-ring (bicyclic) bond motifs is 1. The lowest BCUT2D eigenvalue weighted by Crippen LogP contribution is -2.34. The van der Waals surface area contributed by atoms with Crippen molar-refractivity contribution in [2.45, 2.75) is 31.8 Å². The molecule has 0 aliphatic rings. The molecule has 0 saturated carbocycles. The molecular weight excluding hydrogens is 288 g/mol. The van der Waals surface area contributed by atoms with Crippen LogP contribution in [0.25, 0.3) is 10.9 Å². The molecule has 6 heteroatoms. The van der Waals surface area contributed by atoms with Crippen molar-refractivity contribution in [3.05, 3.63) is 36.0 Å². The molecule has 2 N–H and O–H groups in total. The van der Waals surface area contributed by atoms with Crippen LogP contribution in [0.5, 0.6) is 0 Å². The predicted molar refractivity (Wildman–Crippen MR) is 82.5 cm³/mol. The average Bonchev–Trinajstić information content (AvgIpc) is 2.43. The Labute approximate surface area is 125 Å². The van der Waals surface area contributed by atoms with Crippen molar-refractivity contribution >= 4 is 20.9 Å². The Morgan fingerprint density at radius 3 is 2.71 bits per heavy atom. The minimum absolute atomic E-state index is 0.0117. The molecule has 0 bridgehead atoms. The second kappa shape index (κ2) is 6.09. The van der Waals surface area contributed by atoms with Gasteiger partial charge in [-0.3, -0.25) is 4.98 Å². The molecule has 1 heterocycles. The largest absolute Gasteiger partial charge is 0.391 e. The molecule has 0 saturated heterocycles. The van der Waals surface area contributed by atoms with Crippen LogP contribution in [0.1, 0.15) is 19.4 Å². The summed E-state index contributed by atoms with van der Waals surface area (Å²) in [5, 5.41) is 10.5. The molecule has 0 aliphatic carbocycles. The monoisotopic (exact) mass is 308 g/mol. The van der Waals surface area contributed by atoms with Crippen LogP contribution < -0.4 is 4.72 Å². The number of pyridine rings is 1. The Morgan fingerprint density at radius 1 is 1.33 bits per heavy atom. The third-order valence-corrected chi connectivity index (χ3v) is 4.81. The first-order chi connectivity index (χ1) is 9.81. The lowest BCUT2D eigenvalue weighted by Gasteiger charge is -2.15. The summed E-state index contributed by atoms with van der Waals surface area (Å²) in [6.07, 6.45) is 0.926. The molecule has 5 nitrogen and oxygen atoms in total. The molecule has 21 heavy (non-hydrogen) atoms. The van der Waals surface area contributed by atoms with Crippen molar-refractivity contribution in [2.24, 2.45) is 5.92 Å². The molecule has 0 aliphatic heterocycles. The van der Waals surface area contributed by atoms with Crippen LogP contribution >= 0.6 is 0 Å². The molecular formula is C15H20N2O3S. The van der Waals surface area contributed by atoms with Crippen LogP contribution in [0.3, 0.4) is 0 Å². The van der Waals surface area contributed by atoms with Crippen LogP contribution in [0.4, 0.5) is 0 Å². The second-order valence-corrected chi connectivity index (χ2v) is 7.24. The standard InChI is InChI=1S/C15H20N2O3S/c1-10(2)13(18)9-17-21(19,20)14-6-4-5-12-7-11(3)8-16-15(12)14/h4-8,10,13,17-18H,9H2,1-3H3. The van der Waals surface area contributed by atoms with Crippen LogP contribution in [-0.4, -0.2) is 31.2 Å². The molecule has 114 valence electrons. The number of benzene rings is 1. The first-order valence-electron chi connectivity index (χ1n) is 6.84. The van der Waals surface area contributed by atoms with Crippen molar-refractivity contribution in [1.82, 2.24) is 9.71 Å². The Kier molecular flexibility index (Phi) is 4.61. The molecule has 1 aromatic heterocycles. The number of aromatic nitrogens is 1. The second-order valence-electron chi connectivity index (χ2n) is 5.50. The SMILES string of the molecule is Cc1cnc2c(S(=O)(=O)NCC(O)C(C)C)cccc2c1. The molecule has 1 unspecified atom stereocenters. The van der Waals surface area contributed by atoms with Gasteiger partial charge in [-0.2, -0.15) is 0 Å². The quantitative estimate of drug-likeness (QED) is 0.883. The highest BCUT2D eigenvalue weighted by molar-refractivity contribution is 7.89. The van der Waals surface area contributed by atoms with E-state index in [4.69, 9.17) is 0 Å². The number of sulfonamides is 1. The van der Waals surface area contributed by atoms with Gasteiger partial charge in [0.25, 0.3) is 0 Å². The van der Waals surface area contributed by atoms with E-state index < -0.39 is 16.1 Å². The summed E-state index contributed by atoms with van der Waals surface area (Å²) in [5.74, 6) is -0.0130. The first-order valence-corrected chi connectivity index (χ1v) is 8.32. The van der Waals surface area contributed by atoms with Crippen LogP contribution in [0.2, 0.25) is 0 Å². The number of aliphatic hydroxyl groups is 1. The van der Waals surface area contributed by atoms with E-state index in [1.165, 1.54) is 6.07 Å². The van der Waals surface area contributed by atoms with E-state index in [9.17, 15) is 13.5 Å². The third kappa shape index (κ3) is 3.58. The van der Waals surface area contributed by atoms with E-state index in [2.05, 4.69) is 9.71 Å². The molecule has 0 spiro atoms. The number of nitrogens with one attached hydrogen (secondary N) is 1. The molecule has 0 fully saturated rings. The smallest absolute Gasteiger partial charge is 0.242 e. The van der Waals surface area contributed by atoms with Gasteiger partial charge in [0.2, 0.25) is 10.0 Å². The van der Waals surface area contributed by atoms with Gasteiger partial charge in [0.05, 0.1) is 11.6 Å². The van der Waals surface area contributed by atoms with E-state index in [1.807, 2.05) is 32.9 Å². The van der Waals surface area contributed by atoms with Gasteiger partial charge >= 0.3 is 0 Å². The van der Waals surface area contributed by atoms with E-state index >= 15 is 0 Å². The lowest BCUT2D eigenvalue weighted by molar-refractivity contribution is 0.129. The summed E-state index contributed by atoms with van der Waals surface area (Å²) in [5.41, 5.74) is 1.41. The van der Waals surface area contributed by atoms with Crippen molar-refractivity contribution in [3.8, 4) is 0 Å². The van der Waals surface area contributed by atoms with Crippen molar-refractivity contribution in [2.75, 3.05) is 6.54 Å². The molecule has 0 radical (unpaired) electrons. The zero-order chi connectivity index (χ0) is 15.6. The third-order valence-electron chi connectivity index (χ3n) is 3.35. The zero-order valence-corrected chi connectivity index (χ0v) is 13.2. The fraction of sp³-hybridized carbons (Fsp3) is 0.400. The molecule has 1 aromatic carbocycles. The minimum Gasteiger partial charge on any atom is -0.391 e. The maximum atomic E-state index is 12.4.